The summed E-state index contributed by atoms with van der Waals surface area (Å²) in [6.45, 7) is 0.823. The summed E-state index contributed by atoms with van der Waals surface area (Å²) in [5.74, 6) is 0.0698. The molecule has 24 heavy (non-hydrogen) atoms. The number of amides is 1. The van der Waals surface area contributed by atoms with E-state index in [0.717, 1.165) is 12.1 Å². The maximum atomic E-state index is 12.7. The van der Waals surface area contributed by atoms with Crippen LogP contribution in [0.15, 0.2) is 48.5 Å². The minimum absolute atomic E-state index is 0.0789. The van der Waals surface area contributed by atoms with Gasteiger partial charge in [0.05, 0.1) is 12.2 Å². The van der Waals surface area contributed by atoms with E-state index in [-0.39, 0.29) is 5.69 Å². The standard InChI is InChI=1S/C17H16F3NO3/c1-23-9-10-24-15-7-5-12(6-8-15)16(22)21-14-4-2-3-13(11-14)17(18,19)20/h2-8,11H,9-10H2,1H3,(H,21,22). The predicted octanol–water partition coefficient (Wildman–Crippen LogP) is 3.98. The van der Waals surface area contributed by atoms with E-state index in [2.05, 4.69) is 5.32 Å². The molecular formula is C17H16F3NO3. The van der Waals surface area contributed by atoms with Crippen molar-refractivity contribution in [3.8, 4) is 5.75 Å². The first kappa shape index (κ1) is 17.8. The Kier molecular flexibility index (Phi) is 5.81. The smallest absolute Gasteiger partial charge is 0.416 e. The number of carbonyl (C=O) groups is 1. The highest BCUT2D eigenvalue weighted by Gasteiger charge is 2.30. The van der Waals surface area contributed by atoms with Crippen molar-refractivity contribution in [2.75, 3.05) is 25.6 Å². The maximum absolute atomic E-state index is 12.7. The number of anilines is 1. The van der Waals surface area contributed by atoms with Crippen LogP contribution in [0.2, 0.25) is 0 Å². The van der Waals surface area contributed by atoms with E-state index in [1.807, 2.05) is 0 Å². The van der Waals surface area contributed by atoms with Gasteiger partial charge in [0, 0.05) is 18.4 Å². The third-order valence-electron chi connectivity index (χ3n) is 3.12. The molecule has 1 N–H and O–H groups in total. The second-order valence-electron chi connectivity index (χ2n) is 4.90. The predicted molar refractivity (Wildman–Crippen MR) is 83.2 cm³/mol. The van der Waals surface area contributed by atoms with E-state index in [9.17, 15) is 18.0 Å². The topological polar surface area (TPSA) is 47.6 Å². The minimum Gasteiger partial charge on any atom is -0.491 e. The number of nitrogens with one attached hydrogen (secondary N) is 1. The summed E-state index contributed by atoms with van der Waals surface area (Å²) in [6.07, 6.45) is -4.46. The van der Waals surface area contributed by atoms with Gasteiger partial charge >= 0.3 is 6.18 Å². The molecule has 0 atom stereocenters. The van der Waals surface area contributed by atoms with Gasteiger partial charge in [0.15, 0.2) is 0 Å². The lowest BCUT2D eigenvalue weighted by molar-refractivity contribution is -0.137. The van der Waals surface area contributed by atoms with Crippen LogP contribution in [0.3, 0.4) is 0 Å². The molecule has 0 spiro atoms. The molecule has 2 aromatic rings. The summed E-state index contributed by atoms with van der Waals surface area (Å²) in [5, 5.41) is 2.44. The summed E-state index contributed by atoms with van der Waals surface area (Å²) in [7, 11) is 1.56. The van der Waals surface area contributed by atoms with Crippen molar-refractivity contribution in [3.63, 3.8) is 0 Å². The lowest BCUT2D eigenvalue weighted by Crippen LogP contribution is -2.13. The van der Waals surface area contributed by atoms with E-state index in [4.69, 9.17) is 9.47 Å². The van der Waals surface area contributed by atoms with Crippen molar-refractivity contribution in [3.05, 3.63) is 59.7 Å². The average Bonchev–Trinajstić information content (AvgIpc) is 2.55. The Balaban J connectivity index is 2.02. The fraction of sp³-hybridized carbons (Fsp3) is 0.235. The Labute approximate surface area is 137 Å². The van der Waals surface area contributed by atoms with E-state index in [0.29, 0.717) is 24.5 Å². The molecule has 0 saturated heterocycles. The largest absolute Gasteiger partial charge is 0.491 e. The van der Waals surface area contributed by atoms with Gasteiger partial charge < -0.3 is 14.8 Å². The molecule has 0 radical (unpaired) electrons. The molecule has 0 fully saturated rings. The van der Waals surface area contributed by atoms with Crippen LogP contribution in [-0.2, 0) is 10.9 Å². The van der Waals surface area contributed by atoms with E-state index in [1.165, 1.54) is 24.3 Å². The summed E-state index contributed by atoms with van der Waals surface area (Å²) in [4.78, 5) is 12.1. The Morgan fingerprint density at radius 3 is 2.42 bits per heavy atom. The van der Waals surface area contributed by atoms with Crippen LogP contribution in [0.4, 0.5) is 18.9 Å². The molecule has 0 bridgehead atoms. The normalized spacial score (nSPS) is 11.2. The molecule has 0 unspecified atom stereocenters. The number of hydrogen-bond acceptors (Lipinski definition) is 3. The number of hydrogen-bond donors (Lipinski definition) is 1. The SMILES string of the molecule is COCCOc1ccc(C(=O)Nc2cccc(C(F)(F)F)c2)cc1. The second kappa shape index (κ2) is 7.83. The molecule has 0 aliphatic rings. The highest BCUT2D eigenvalue weighted by molar-refractivity contribution is 6.04. The van der Waals surface area contributed by atoms with Crippen LogP contribution in [-0.4, -0.2) is 26.2 Å². The molecule has 2 rings (SSSR count). The quantitative estimate of drug-likeness (QED) is 0.810. The van der Waals surface area contributed by atoms with Crippen molar-refractivity contribution in [1.29, 1.82) is 0 Å². The summed E-state index contributed by atoms with van der Waals surface area (Å²) in [6, 6.07) is 10.8. The lowest BCUT2D eigenvalue weighted by Gasteiger charge is -2.10. The van der Waals surface area contributed by atoms with Crippen molar-refractivity contribution in [1.82, 2.24) is 0 Å². The van der Waals surface area contributed by atoms with Crippen LogP contribution >= 0.6 is 0 Å². The molecule has 2 aromatic carbocycles. The highest BCUT2D eigenvalue weighted by Crippen LogP contribution is 2.30. The zero-order chi connectivity index (χ0) is 17.6. The molecule has 4 nitrogen and oxygen atoms in total. The average molecular weight is 339 g/mol. The number of carbonyl (C=O) groups excluding carboxylic acids is 1. The van der Waals surface area contributed by atoms with Crippen molar-refractivity contribution < 1.29 is 27.4 Å². The number of halogens is 3. The fourth-order valence-electron chi connectivity index (χ4n) is 1.92. The van der Waals surface area contributed by atoms with Gasteiger partial charge in [-0.05, 0) is 42.5 Å². The van der Waals surface area contributed by atoms with Gasteiger partial charge in [0.2, 0.25) is 0 Å². The number of methoxy groups -OCH3 is 1. The summed E-state index contributed by atoms with van der Waals surface area (Å²) < 4.78 is 48.2. The first-order chi connectivity index (χ1) is 11.4. The number of alkyl halides is 3. The van der Waals surface area contributed by atoms with Crippen LogP contribution in [0.1, 0.15) is 15.9 Å². The molecule has 128 valence electrons. The molecule has 0 heterocycles. The van der Waals surface area contributed by atoms with Crippen LogP contribution in [0.5, 0.6) is 5.75 Å². The van der Waals surface area contributed by atoms with Gasteiger partial charge in [0.25, 0.3) is 5.91 Å². The first-order valence-electron chi connectivity index (χ1n) is 7.10. The first-order valence-corrected chi connectivity index (χ1v) is 7.10. The van der Waals surface area contributed by atoms with Gasteiger partial charge in [-0.15, -0.1) is 0 Å². The van der Waals surface area contributed by atoms with Gasteiger partial charge in [0.1, 0.15) is 12.4 Å². The highest BCUT2D eigenvalue weighted by atomic mass is 19.4. The van der Waals surface area contributed by atoms with Crippen molar-refractivity contribution >= 4 is 11.6 Å². The number of rotatable bonds is 6. The van der Waals surface area contributed by atoms with Gasteiger partial charge in [-0.1, -0.05) is 6.07 Å². The van der Waals surface area contributed by atoms with Crippen molar-refractivity contribution in [2.24, 2.45) is 0 Å². The van der Waals surface area contributed by atoms with Crippen LogP contribution < -0.4 is 10.1 Å². The summed E-state index contributed by atoms with van der Waals surface area (Å²) in [5.41, 5.74) is -0.427. The number of ether oxygens (including phenoxy) is 2. The van der Waals surface area contributed by atoms with E-state index in [1.54, 1.807) is 19.2 Å². The number of benzene rings is 2. The van der Waals surface area contributed by atoms with E-state index < -0.39 is 17.6 Å². The van der Waals surface area contributed by atoms with E-state index >= 15 is 0 Å². The molecular weight excluding hydrogens is 323 g/mol. The fourth-order valence-corrected chi connectivity index (χ4v) is 1.92. The van der Waals surface area contributed by atoms with Gasteiger partial charge in [-0.25, -0.2) is 0 Å². The molecule has 7 heteroatoms. The Hall–Kier alpha value is -2.54. The minimum atomic E-state index is -4.46. The van der Waals surface area contributed by atoms with Crippen molar-refractivity contribution in [2.45, 2.75) is 6.18 Å². The molecule has 0 aliphatic carbocycles. The zero-order valence-corrected chi connectivity index (χ0v) is 12.9. The molecule has 0 aromatic heterocycles. The van der Waals surface area contributed by atoms with Gasteiger partial charge in [-0.2, -0.15) is 13.2 Å². The lowest BCUT2D eigenvalue weighted by atomic mass is 10.1. The molecule has 0 aliphatic heterocycles. The molecule has 1 amide bonds. The van der Waals surface area contributed by atoms with Gasteiger partial charge in [-0.3, -0.25) is 4.79 Å². The Bertz CT molecular complexity index is 684. The second-order valence-corrected chi connectivity index (χ2v) is 4.90. The Morgan fingerprint density at radius 2 is 1.79 bits per heavy atom. The molecule has 0 saturated carbocycles. The van der Waals surface area contributed by atoms with Crippen LogP contribution in [0, 0.1) is 0 Å². The maximum Gasteiger partial charge on any atom is 0.416 e. The summed E-state index contributed by atoms with van der Waals surface area (Å²) >= 11 is 0. The Morgan fingerprint density at radius 1 is 1.08 bits per heavy atom. The zero-order valence-electron chi connectivity index (χ0n) is 12.9. The monoisotopic (exact) mass is 339 g/mol. The third-order valence-corrected chi connectivity index (χ3v) is 3.12. The van der Waals surface area contributed by atoms with Crippen LogP contribution in [0.25, 0.3) is 0 Å². The third kappa shape index (κ3) is 4.99.